The maximum atomic E-state index is 9.84. The van der Waals surface area contributed by atoms with Crippen molar-refractivity contribution in [2.24, 2.45) is 0 Å². The number of aliphatic hydroxyl groups is 1. The van der Waals surface area contributed by atoms with Crippen LogP contribution >= 0.6 is 0 Å². The summed E-state index contributed by atoms with van der Waals surface area (Å²) in [5, 5.41) is 19.5. The number of benzene rings is 1. The largest absolute Gasteiger partial charge is 0.508 e. The van der Waals surface area contributed by atoms with E-state index in [0.29, 0.717) is 19.2 Å². The highest BCUT2D eigenvalue weighted by molar-refractivity contribution is 5.66. The van der Waals surface area contributed by atoms with Gasteiger partial charge < -0.3 is 24.7 Å². The lowest BCUT2D eigenvalue weighted by Crippen LogP contribution is -2.38. The van der Waals surface area contributed by atoms with Crippen molar-refractivity contribution in [1.82, 2.24) is 9.97 Å². The molecular formula is C19H24N4O3. The highest BCUT2D eigenvalue weighted by atomic mass is 16.5. The van der Waals surface area contributed by atoms with Gasteiger partial charge in [0.2, 0.25) is 5.95 Å². The number of aliphatic hydroxyl groups excluding tert-OH is 1. The molecular weight excluding hydrogens is 332 g/mol. The number of phenolic OH excluding ortho intramolecular Hbond substituents is 1. The minimum atomic E-state index is 0.0967. The first kappa shape index (κ1) is 17.1. The SMILES string of the molecule is OCC1CCCN1c1cc(-c2cccc(O)c2)nc(N2CCOCC2)n1. The van der Waals surface area contributed by atoms with Gasteiger partial charge in [-0.25, -0.2) is 4.98 Å². The van der Waals surface area contributed by atoms with Gasteiger partial charge in [0, 0.05) is 31.3 Å². The third-order valence-electron chi connectivity index (χ3n) is 5.02. The number of rotatable bonds is 4. The Morgan fingerprint density at radius 2 is 1.96 bits per heavy atom. The van der Waals surface area contributed by atoms with Crippen molar-refractivity contribution in [2.75, 3.05) is 49.3 Å². The Morgan fingerprint density at radius 3 is 2.73 bits per heavy atom. The molecule has 1 atom stereocenters. The zero-order chi connectivity index (χ0) is 17.9. The Balaban J connectivity index is 1.76. The number of nitrogens with zero attached hydrogens (tertiary/aromatic N) is 4. The molecule has 0 spiro atoms. The van der Waals surface area contributed by atoms with Crippen LogP contribution in [-0.4, -0.2) is 65.7 Å². The molecule has 138 valence electrons. The van der Waals surface area contributed by atoms with Gasteiger partial charge in [-0.3, -0.25) is 0 Å². The van der Waals surface area contributed by atoms with E-state index >= 15 is 0 Å². The normalized spacial score (nSPS) is 20.6. The molecule has 3 heterocycles. The minimum Gasteiger partial charge on any atom is -0.508 e. The van der Waals surface area contributed by atoms with Gasteiger partial charge >= 0.3 is 0 Å². The molecule has 0 radical (unpaired) electrons. The molecule has 2 saturated heterocycles. The number of aromatic hydroxyl groups is 1. The Morgan fingerprint density at radius 1 is 1.12 bits per heavy atom. The van der Waals surface area contributed by atoms with Gasteiger partial charge in [0.25, 0.3) is 0 Å². The van der Waals surface area contributed by atoms with E-state index in [1.807, 2.05) is 18.2 Å². The summed E-state index contributed by atoms with van der Waals surface area (Å²) in [6, 6.07) is 9.15. The van der Waals surface area contributed by atoms with Crippen LogP contribution in [0.3, 0.4) is 0 Å². The summed E-state index contributed by atoms with van der Waals surface area (Å²) in [6.45, 7) is 3.84. The number of phenols is 1. The van der Waals surface area contributed by atoms with Crippen LogP contribution in [-0.2, 0) is 4.74 Å². The van der Waals surface area contributed by atoms with E-state index < -0.39 is 0 Å². The van der Waals surface area contributed by atoms with Gasteiger partial charge in [0.15, 0.2) is 0 Å². The van der Waals surface area contributed by atoms with Crippen LogP contribution in [0.4, 0.5) is 11.8 Å². The summed E-state index contributed by atoms with van der Waals surface area (Å²) >= 11 is 0. The quantitative estimate of drug-likeness (QED) is 0.862. The third-order valence-corrected chi connectivity index (χ3v) is 5.02. The zero-order valence-corrected chi connectivity index (χ0v) is 14.7. The summed E-state index contributed by atoms with van der Waals surface area (Å²) in [7, 11) is 0. The van der Waals surface area contributed by atoms with Crippen molar-refractivity contribution < 1.29 is 14.9 Å². The Labute approximate surface area is 152 Å². The second-order valence-electron chi connectivity index (χ2n) is 6.73. The maximum absolute atomic E-state index is 9.84. The molecule has 1 aromatic heterocycles. The Hall–Kier alpha value is -2.38. The van der Waals surface area contributed by atoms with E-state index in [4.69, 9.17) is 14.7 Å². The number of anilines is 2. The predicted octanol–water partition coefficient (Wildman–Crippen LogP) is 1.65. The van der Waals surface area contributed by atoms with Gasteiger partial charge in [-0.15, -0.1) is 0 Å². The minimum absolute atomic E-state index is 0.0967. The van der Waals surface area contributed by atoms with Crippen LogP contribution in [0.1, 0.15) is 12.8 Å². The van der Waals surface area contributed by atoms with E-state index in [9.17, 15) is 10.2 Å². The monoisotopic (exact) mass is 356 g/mol. The van der Waals surface area contributed by atoms with Gasteiger partial charge in [-0.1, -0.05) is 12.1 Å². The molecule has 4 rings (SSSR count). The van der Waals surface area contributed by atoms with E-state index in [0.717, 1.165) is 49.6 Å². The molecule has 7 nitrogen and oxygen atoms in total. The Bertz CT molecular complexity index is 764. The van der Waals surface area contributed by atoms with Crippen LogP contribution in [0.2, 0.25) is 0 Å². The molecule has 0 bridgehead atoms. The third kappa shape index (κ3) is 3.45. The van der Waals surface area contributed by atoms with E-state index in [1.54, 1.807) is 12.1 Å². The van der Waals surface area contributed by atoms with E-state index in [1.165, 1.54) is 0 Å². The first-order chi connectivity index (χ1) is 12.7. The molecule has 0 amide bonds. The van der Waals surface area contributed by atoms with Crippen LogP contribution in [0, 0.1) is 0 Å². The van der Waals surface area contributed by atoms with Crippen molar-refractivity contribution in [3.63, 3.8) is 0 Å². The van der Waals surface area contributed by atoms with Crippen LogP contribution in [0.5, 0.6) is 5.75 Å². The highest BCUT2D eigenvalue weighted by Crippen LogP contribution is 2.30. The summed E-state index contributed by atoms with van der Waals surface area (Å²) in [5.41, 5.74) is 1.62. The van der Waals surface area contributed by atoms with Gasteiger partial charge in [-0.05, 0) is 25.0 Å². The molecule has 2 aromatic rings. The van der Waals surface area contributed by atoms with Crippen molar-refractivity contribution in [3.8, 4) is 17.0 Å². The van der Waals surface area contributed by atoms with Gasteiger partial charge in [0.1, 0.15) is 11.6 Å². The molecule has 0 aliphatic carbocycles. The van der Waals surface area contributed by atoms with Gasteiger partial charge in [0.05, 0.1) is 31.6 Å². The number of hydrogen-bond donors (Lipinski definition) is 2. The first-order valence-electron chi connectivity index (χ1n) is 9.13. The molecule has 2 aliphatic heterocycles. The zero-order valence-electron chi connectivity index (χ0n) is 14.7. The topological polar surface area (TPSA) is 82.0 Å². The fraction of sp³-hybridized carbons (Fsp3) is 0.474. The molecule has 0 saturated carbocycles. The average Bonchev–Trinajstić information content (AvgIpc) is 3.17. The van der Waals surface area contributed by atoms with Crippen molar-refractivity contribution in [1.29, 1.82) is 0 Å². The molecule has 26 heavy (non-hydrogen) atoms. The maximum Gasteiger partial charge on any atom is 0.228 e. The first-order valence-corrected chi connectivity index (χ1v) is 9.13. The molecule has 2 N–H and O–H groups in total. The fourth-order valence-electron chi connectivity index (χ4n) is 3.61. The van der Waals surface area contributed by atoms with E-state index in [2.05, 4.69) is 9.80 Å². The summed E-state index contributed by atoms with van der Waals surface area (Å²) in [4.78, 5) is 13.8. The van der Waals surface area contributed by atoms with Crippen LogP contribution in [0.25, 0.3) is 11.3 Å². The van der Waals surface area contributed by atoms with Crippen LogP contribution in [0.15, 0.2) is 30.3 Å². The smallest absolute Gasteiger partial charge is 0.228 e. The van der Waals surface area contributed by atoms with Crippen molar-refractivity contribution >= 4 is 11.8 Å². The highest BCUT2D eigenvalue weighted by Gasteiger charge is 2.27. The van der Waals surface area contributed by atoms with Gasteiger partial charge in [-0.2, -0.15) is 4.98 Å². The van der Waals surface area contributed by atoms with E-state index in [-0.39, 0.29) is 18.4 Å². The lowest BCUT2D eigenvalue weighted by Gasteiger charge is -2.29. The molecule has 1 aromatic carbocycles. The summed E-state index contributed by atoms with van der Waals surface area (Å²) in [5.74, 6) is 1.72. The Kier molecular flexibility index (Phi) is 4.90. The number of aromatic nitrogens is 2. The van der Waals surface area contributed by atoms with Crippen molar-refractivity contribution in [3.05, 3.63) is 30.3 Å². The van der Waals surface area contributed by atoms with Crippen LogP contribution < -0.4 is 9.80 Å². The molecule has 2 aliphatic rings. The second-order valence-corrected chi connectivity index (χ2v) is 6.73. The number of morpholine rings is 1. The molecule has 2 fully saturated rings. The average molecular weight is 356 g/mol. The lowest BCUT2D eigenvalue weighted by molar-refractivity contribution is 0.122. The second kappa shape index (κ2) is 7.47. The number of hydrogen-bond acceptors (Lipinski definition) is 7. The predicted molar refractivity (Wildman–Crippen MR) is 99.6 cm³/mol. The standard InChI is InChI=1S/C19H24N4O3/c24-13-15-4-2-6-23(15)18-12-17(14-3-1-5-16(25)11-14)20-19(21-18)22-7-9-26-10-8-22/h1,3,5,11-12,15,24-25H,2,4,6-10,13H2. The summed E-state index contributed by atoms with van der Waals surface area (Å²) < 4.78 is 5.44. The summed E-state index contributed by atoms with van der Waals surface area (Å²) in [6.07, 6.45) is 2.01. The fourth-order valence-corrected chi connectivity index (χ4v) is 3.61. The number of ether oxygens (including phenoxy) is 1. The van der Waals surface area contributed by atoms with Crippen molar-refractivity contribution in [2.45, 2.75) is 18.9 Å². The lowest BCUT2D eigenvalue weighted by atomic mass is 10.1. The molecule has 7 heteroatoms. The molecule has 1 unspecified atom stereocenters.